The number of carbonyl (C=O) groups excluding carboxylic acids is 1. The molecule has 4 heterocycles. The third-order valence-corrected chi connectivity index (χ3v) is 6.04. The lowest BCUT2D eigenvalue weighted by atomic mass is 10.0. The maximum absolute atomic E-state index is 13.2. The summed E-state index contributed by atoms with van der Waals surface area (Å²) in [6, 6.07) is 10.1. The van der Waals surface area contributed by atoms with Crippen molar-refractivity contribution < 1.29 is 14.3 Å². The monoisotopic (exact) mass is 394 g/mol. The molecule has 29 heavy (non-hydrogen) atoms. The molecular weight excluding hydrogens is 368 g/mol. The quantitative estimate of drug-likeness (QED) is 0.780. The van der Waals surface area contributed by atoms with Crippen molar-refractivity contribution in [3.8, 4) is 0 Å². The van der Waals surface area contributed by atoms with Gasteiger partial charge in [0.25, 0.3) is 5.91 Å². The lowest BCUT2D eigenvalue weighted by molar-refractivity contribution is -0.181. The average molecular weight is 394 g/mol. The number of nitrogens with zero attached hydrogens (tertiary/aromatic N) is 4. The first-order chi connectivity index (χ1) is 14.1. The number of carbonyl (C=O) groups is 1. The van der Waals surface area contributed by atoms with E-state index >= 15 is 0 Å². The fourth-order valence-electron chi connectivity index (χ4n) is 4.52. The van der Waals surface area contributed by atoms with Crippen molar-refractivity contribution in [3.63, 3.8) is 0 Å². The summed E-state index contributed by atoms with van der Waals surface area (Å²) in [6.07, 6.45) is 3.51. The minimum atomic E-state index is -0.485. The predicted octanol–water partition coefficient (Wildman–Crippen LogP) is 2.85. The number of rotatable bonds is 2. The summed E-state index contributed by atoms with van der Waals surface area (Å²) in [4.78, 5) is 26.5. The molecule has 1 amide bonds. The van der Waals surface area contributed by atoms with Gasteiger partial charge in [0.1, 0.15) is 5.69 Å². The maximum atomic E-state index is 13.2. The molecule has 0 N–H and O–H groups in total. The van der Waals surface area contributed by atoms with Crippen LogP contribution in [0.2, 0.25) is 0 Å². The number of piperidine rings is 1. The lowest BCUT2D eigenvalue weighted by Gasteiger charge is -2.37. The van der Waals surface area contributed by atoms with Gasteiger partial charge in [0.2, 0.25) is 5.95 Å². The third kappa shape index (κ3) is 3.49. The van der Waals surface area contributed by atoms with Crippen molar-refractivity contribution in [2.45, 2.75) is 38.4 Å². The molecule has 3 aliphatic heterocycles. The molecule has 2 aromatic rings. The second-order valence-corrected chi connectivity index (χ2v) is 7.98. The highest BCUT2D eigenvalue weighted by molar-refractivity contribution is 5.93. The first-order valence-electron chi connectivity index (χ1n) is 10.4. The van der Waals surface area contributed by atoms with E-state index in [1.807, 2.05) is 17.9 Å². The van der Waals surface area contributed by atoms with Gasteiger partial charge in [0.05, 0.1) is 13.2 Å². The van der Waals surface area contributed by atoms with Crippen LogP contribution in [0.4, 0.5) is 11.6 Å². The Morgan fingerprint density at radius 2 is 1.83 bits per heavy atom. The van der Waals surface area contributed by atoms with Crippen molar-refractivity contribution in [2.75, 3.05) is 37.7 Å². The van der Waals surface area contributed by atoms with Gasteiger partial charge in [-0.25, -0.2) is 9.97 Å². The molecule has 0 saturated carbocycles. The van der Waals surface area contributed by atoms with Crippen molar-refractivity contribution in [2.24, 2.45) is 0 Å². The van der Waals surface area contributed by atoms with Crippen LogP contribution >= 0.6 is 0 Å². The Bertz CT molecular complexity index is 916. The zero-order valence-electron chi connectivity index (χ0n) is 16.8. The van der Waals surface area contributed by atoms with Gasteiger partial charge in [0.15, 0.2) is 5.79 Å². The van der Waals surface area contributed by atoms with Crippen LogP contribution in [0.3, 0.4) is 0 Å². The Kier molecular flexibility index (Phi) is 4.72. The van der Waals surface area contributed by atoms with E-state index in [2.05, 4.69) is 33.1 Å². The predicted molar refractivity (Wildman–Crippen MR) is 108 cm³/mol. The van der Waals surface area contributed by atoms with Crippen molar-refractivity contribution in [1.82, 2.24) is 14.9 Å². The molecular formula is C22H26N4O3. The largest absolute Gasteiger partial charge is 0.347 e. The van der Waals surface area contributed by atoms with Crippen molar-refractivity contribution >= 4 is 17.5 Å². The number of likely N-dealkylation sites (tertiary alicyclic amines) is 1. The number of ether oxygens (including phenoxy) is 2. The van der Waals surface area contributed by atoms with Crippen LogP contribution in [0, 0.1) is 6.92 Å². The number of benzene rings is 1. The molecule has 7 nitrogen and oxygen atoms in total. The van der Waals surface area contributed by atoms with E-state index < -0.39 is 5.79 Å². The Hall–Kier alpha value is -2.51. The number of aryl methyl sites for hydroxylation is 2. The second-order valence-electron chi connectivity index (χ2n) is 7.98. The van der Waals surface area contributed by atoms with Gasteiger partial charge in [-0.15, -0.1) is 0 Å². The normalized spacial score (nSPS) is 20.7. The molecule has 0 radical (unpaired) electrons. The topological polar surface area (TPSA) is 67.8 Å². The zero-order valence-corrected chi connectivity index (χ0v) is 16.8. The van der Waals surface area contributed by atoms with Crippen LogP contribution in [0.1, 0.15) is 41.0 Å². The third-order valence-electron chi connectivity index (χ3n) is 6.04. The van der Waals surface area contributed by atoms with E-state index in [0.717, 1.165) is 30.8 Å². The van der Waals surface area contributed by atoms with Crippen LogP contribution in [0.25, 0.3) is 0 Å². The highest BCUT2D eigenvalue weighted by atomic mass is 16.7. The van der Waals surface area contributed by atoms with Gasteiger partial charge in [-0.2, -0.15) is 0 Å². The van der Waals surface area contributed by atoms with Crippen LogP contribution < -0.4 is 4.90 Å². The van der Waals surface area contributed by atoms with Crippen LogP contribution in [-0.4, -0.2) is 59.4 Å². The summed E-state index contributed by atoms with van der Waals surface area (Å²) in [5.74, 6) is 0.0763. The smallest absolute Gasteiger partial charge is 0.272 e. The summed E-state index contributed by atoms with van der Waals surface area (Å²) in [6.45, 7) is 5.28. The first kappa shape index (κ1) is 18.5. The zero-order chi connectivity index (χ0) is 19.8. The first-order valence-corrected chi connectivity index (χ1v) is 10.4. The maximum Gasteiger partial charge on any atom is 0.272 e. The number of fused-ring (bicyclic) bond motifs is 1. The number of amides is 1. The molecule has 2 fully saturated rings. The molecule has 152 valence electrons. The molecule has 7 heteroatoms. The minimum Gasteiger partial charge on any atom is -0.347 e. The Labute approximate surface area is 170 Å². The van der Waals surface area contributed by atoms with Crippen LogP contribution in [0.5, 0.6) is 0 Å². The van der Waals surface area contributed by atoms with Crippen molar-refractivity contribution in [3.05, 3.63) is 47.3 Å². The number of para-hydroxylation sites is 1. The summed E-state index contributed by atoms with van der Waals surface area (Å²) in [7, 11) is 0. The van der Waals surface area contributed by atoms with Gasteiger partial charge in [-0.05, 0) is 37.5 Å². The fraction of sp³-hybridized carbons (Fsp3) is 0.500. The Balaban J connectivity index is 1.38. The van der Waals surface area contributed by atoms with E-state index in [4.69, 9.17) is 9.47 Å². The summed E-state index contributed by atoms with van der Waals surface area (Å²) in [5, 5.41) is 0. The van der Waals surface area contributed by atoms with E-state index in [1.54, 1.807) is 6.07 Å². The number of hydrogen-bond acceptors (Lipinski definition) is 6. The second kappa shape index (κ2) is 7.39. The molecule has 1 spiro atoms. The number of anilines is 2. The van der Waals surface area contributed by atoms with Gasteiger partial charge >= 0.3 is 0 Å². The molecule has 0 atom stereocenters. The number of hydrogen-bond donors (Lipinski definition) is 0. The molecule has 0 bridgehead atoms. The average Bonchev–Trinajstić information content (AvgIpc) is 3.21. The van der Waals surface area contributed by atoms with E-state index in [9.17, 15) is 4.79 Å². The van der Waals surface area contributed by atoms with Gasteiger partial charge < -0.3 is 19.3 Å². The summed E-state index contributed by atoms with van der Waals surface area (Å²) >= 11 is 0. The molecule has 1 aromatic heterocycles. The highest BCUT2D eigenvalue weighted by Gasteiger charge is 2.41. The lowest BCUT2D eigenvalue weighted by Crippen LogP contribution is -2.47. The molecule has 2 saturated heterocycles. The van der Waals surface area contributed by atoms with E-state index in [0.29, 0.717) is 50.8 Å². The van der Waals surface area contributed by atoms with Gasteiger partial charge in [-0.1, -0.05) is 18.2 Å². The molecule has 1 aromatic carbocycles. The van der Waals surface area contributed by atoms with Crippen LogP contribution in [0.15, 0.2) is 30.3 Å². The van der Waals surface area contributed by atoms with E-state index in [1.165, 1.54) is 5.56 Å². The molecule has 5 rings (SSSR count). The molecule has 3 aliphatic rings. The standard InChI is InChI=1S/C22H26N4O3/c1-16-15-18(20(27)25-11-8-22(9-12-25)28-13-14-29-22)24-21(23-16)26-10-4-6-17-5-2-3-7-19(17)26/h2-3,5,7,15H,4,6,8-14H2,1H3. The SMILES string of the molecule is Cc1cc(C(=O)N2CCC3(CC2)OCCO3)nc(N2CCCc3ccccc32)n1. The summed E-state index contributed by atoms with van der Waals surface area (Å²) < 4.78 is 11.5. The van der Waals surface area contributed by atoms with E-state index in [-0.39, 0.29) is 5.91 Å². The van der Waals surface area contributed by atoms with Gasteiger partial charge in [-0.3, -0.25) is 4.79 Å². The summed E-state index contributed by atoms with van der Waals surface area (Å²) in [5.41, 5.74) is 3.70. The Morgan fingerprint density at radius 3 is 2.62 bits per heavy atom. The molecule has 0 aliphatic carbocycles. The Morgan fingerprint density at radius 1 is 1.07 bits per heavy atom. The van der Waals surface area contributed by atoms with Gasteiger partial charge in [0, 0.05) is 43.9 Å². The fourth-order valence-corrected chi connectivity index (χ4v) is 4.52. The minimum absolute atomic E-state index is 0.0464. The van der Waals surface area contributed by atoms with Crippen molar-refractivity contribution in [1.29, 1.82) is 0 Å². The highest BCUT2D eigenvalue weighted by Crippen LogP contribution is 2.33. The van der Waals surface area contributed by atoms with Crippen LogP contribution in [-0.2, 0) is 15.9 Å². The number of aromatic nitrogens is 2. The molecule has 0 unspecified atom stereocenters.